The second-order valence-electron chi connectivity index (χ2n) is 5.23. The van der Waals surface area contributed by atoms with Crippen LogP contribution in [-0.2, 0) is 14.3 Å². The Morgan fingerprint density at radius 3 is 2.11 bits per heavy atom. The Hall–Kier alpha value is -1.12. The summed E-state index contributed by atoms with van der Waals surface area (Å²) in [4.78, 5) is 22.2. The van der Waals surface area contributed by atoms with Crippen molar-refractivity contribution in [2.24, 2.45) is 0 Å². The molecule has 0 aromatic rings. The minimum absolute atomic E-state index is 0.00425. The highest BCUT2D eigenvalue weighted by Gasteiger charge is 2.08. The van der Waals surface area contributed by atoms with E-state index in [1.54, 1.807) is 0 Å². The second-order valence-corrected chi connectivity index (χ2v) is 5.23. The minimum atomic E-state index is -0.427. The molecule has 0 spiro atoms. The molecule has 0 radical (unpaired) electrons. The zero-order chi connectivity index (χ0) is 14.5. The van der Waals surface area contributed by atoms with Crippen LogP contribution in [0.2, 0.25) is 0 Å². The molecule has 0 bridgehead atoms. The van der Waals surface area contributed by atoms with E-state index in [2.05, 4.69) is 24.7 Å². The van der Waals surface area contributed by atoms with E-state index in [-0.39, 0.29) is 12.2 Å². The van der Waals surface area contributed by atoms with E-state index < -0.39 is 5.97 Å². The lowest BCUT2D eigenvalue weighted by molar-refractivity contribution is -0.143. The fourth-order valence-corrected chi connectivity index (χ4v) is 1.89. The number of allylic oxidation sites excluding steroid dienone is 2. The topological polar surface area (TPSA) is 43.4 Å². The van der Waals surface area contributed by atoms with Crippen molar-refractivity contribution < 1.29 is 14.3 Å². The summed E-state index contributed by atoms with van der Waals surface area (Å²) in [6.07, 6.45) is 10.8. The number of carbonyl (C=O) groups is 2. The number of hydrogen-bond donors (Lipinski definition) is 0. The van der Waals surface area contributed by atoms with Gasteiger partial charge in [-0.05, 0) is 33.1 Å². The first-order valence-electron chi connectivity index (χ1n) is 7.28. The Morgan fingerprint density at radius 2 is 1.53 bits per heavy atom. The summed E-state index contributed by atoms with van der Waals surface area (Å²) in [5, 5.41) is 0. The molecule has 0 aliphatic rings. The van der Waals surface area contributed by atoms with Crippen LogP contribution in [0, 0.1) is 0 Å². The van der Waals surface area contributed by atoms with Crippen LogP contribution >= 0.6 is 0 Å². The van der Waals surface area contributed by atoms with Crippen LogP contribution in [-0.4, -0.2) is 18.9 Å². The average Bonchev–Trinajstić information content (AvgIpc) is 2.36. The van der Waals surface area contributed by atoms with Crippen LogP contribution in [0.5, 0.6) is 0 Å². The van der Waals surface area contributed by atoms with Crippen molar-refractivity contribution in [2.45, 2.75) is 71.6 Å². The molecule has 0 aliphatic carbocycles. The molecule has 3 nitrogen and oxygen atoms in total. The SMILES string of the molecule is COC(=O)CC(=O)CCCCCCCCC=C(C)C. The molecule has 0 saturated carbocycles. The predicted octanol–water partition coefficient (Wildman–Crippen LogP) is 4.21. The number of carbonyl (C=O) groups excluding carboxylic acids is 2. The van der Waals surface area contributed by atoms with Gasteiger partial charge in [-0.25, -0.2) is 0 Å². The van der Waals surface area contributed by atoms with Gasteiger partial charge in [0, 0.05) is 6.42 Å². The van der Waals surface area contributed by atoms with Crippen molar-refractivity contribution in [3.63, 3.8) is 0 Å². The van der Waals surface area contributed by atoms with Gasteiger partial charge in [0.1, 0.15) is 12.2 Å². The lowest BCUT2D eigenvalue weighted by Gasteiger charge is -2.01. The van der Waals surface area contributed by atoms with Crippen LogP contribution in [0.4, 0.5) is 0 Å². The molecule has 0 rings (SSSR count). The summed E-state index contributed by atoms with van der Waals surface area (Å²) in [6, 6.07) is 0. The van der Waals surface area contributed by atoms with E-state index in [0.717, 1.165) is 12.8 Å². The first-order valence-corrected chi connectivity index (χ1v) is 7.28. The normalized spacial score (nSPS) is 10.1. The van der Waals surface area contributed by atoms with Crippen LogP contribution in [0.3, 0.4) is 0 Å². The van der Waals surface area contributed by atoms with Crippen molar-refractivity contribution in [1.82, 2.24) is 0 Å². The third-order valence-corrected chi connectivity index (χ3v) is 3.03. The zero-order valence-corrected chi connectivity index (χ0v) is 12.7. The molecule has 0 fully saturated rings. The third kappa shape index (κ3) is 13.1. The summed E-state index contributed by atoms with van der Waals surface area (Å²) in [6.45, 7) is 4.26. The van der Waals surface area contributed by atoms with Gasteiger partial charge in [-0.3, -0.25) is 9.59 Å². The highest BCUT2D eigenvalue weighted by molar-refractivity contribution is 5.95. The molecular formula is C16H28O3. The first kappa shape index (κ1) is 17.9. The number of rotatable bonds is 11. The van der Waals surface area contributed by atoms with E-state index in [1.165, 1.54) is 44.8 Å². The average molecular weight is 268 g/mol. The van der Waals surface area contributed by atoms with Crippen LogP contribution in [0.15, 0.2) is 11.6 Å². The maximum Gasteiger partial charge on any atom is 0.313 e. The zero-order valence-electron chi connectivity index (χ0n) is 12.7. The summed E-state index contributed by atoms with van der Waals surface area (Å²) in [5.41, 5.74) is 1.39. The quantitative estimate of drug-likeness (QED) is 0.244. The van der Waals surface area contributed by atoms with Gasteiger partial charge in [-0.1, -0.05) is 37.3 Å². The molecule has 3 heteroatoms. The second kappa shape index (κ2) is 11.9. The first-order chi connectivity index (χ1) is 9.06. The third-order valence-electron chi connectivity index (χ3n) is 3.03. The van der Waals surface area contributed by atoms with E-state index in [0.29, 0.717) is 6.42 Å². The molecule has 0 heterocycles. The van der Waals surface area contributed by atoms with E-state index in [1.807, 2.05) is 0 Å². The Labute approximate surface area is 117 Å². The largest absolute Gasteiger partial charge is 0.469 e. The monoisotopic (exact) mass is 268 g/mol. The molecule has 0 N–H and O–H groups in total. The molecule has 0 aliphatic heterocycles. The van der Waals surface area contributed by atoms with Crippen molar-refractivity contribution in [3.05, 3.63) is 11.6 Å². The molecule has 0 amide bonds. The minimum Gasteiger partial charge on any atom is -0.469 e. The standard InChI is InChI=1S/C16H28O3/c1-14(2)11-9-7-5-4-6-8-10-12-15(17)13-16(18)19-3/h11H,4-10,12-13H2,1-3H3. The number of ether oxygens (including phenoxy) is 1. The molecular weight excluding hydrogens is 240 g/mol. The fraction of sp³-hybridized carbons (Fsp3) is 0.750. The summed E-state index contributed by atoms with van der Waals surface area (Å²) in [7, 11) is 1.31. The van der Waals surface area contributed by atoms with Gasteiger partial charge in [-0.15, -0.1) is 0 Å². The Balaban J connectivity index is 3.29. The number of methoxy groups -OCH3 is 1. The van der Waals surface area contributed by atoms with Gasteiger partial charge in [0.2, 0.25) is 0 Å². The lowest BCUT2D eigenvalue weighted by atomic mass is 10.1. The Kier molecular flexibility index (Phi) is 11.2. The number of ketones is 1. The predicted molar refractivity (Wildman–Crippen MR) is 78.0 cm³/mol. The van der Waals surface area contributed by atoms with Gasteiger partial charge < -0.3 is 4.74 Å². The van der Waals surface area contributed by atoms with Crippen molar-refractivity contribution in [3.8, 4) is 0 Å². The van der Waals surface area contributed by atoms with Crippen molar-refractivity contribution in [2.75, 3.05) is 7.11 Å². The smallest absolute Gasteiger partial charge is 0.313 e. The van der Waals surface area contributed by atoms with E-state index in [4.69, 9.17) is 0 Å². The number of esters is 1. The fourth-order valence-electron chi connectivity index (χ4n) is 1.89. The molecule has 0 aromatic carbocycles. The van der Waals surface area contributed by atoms with Crippen LogP contribution in [0.25, 0.3) is 0 Å². The Morgan fingerprint density at radius 1 is 0.947 bits per heavy atom. The molecule has 0 unspecified atom stereocenters. The van der Waals surface area contributed by atoms with E-state index in [9.17, 15) is 9.59 Å². The molecule has 19 heavy (non-hydrogen) atoms. The summed E-state index contributed by atoms with van der Waals surface area (Å²) in [5.74, 6) is -0.431. The summed E-state index contributed by atoms with van der Waals surface area (Å²) >= 11 is 0. The van der Waals surface area contributed by atoms with E-state index >= 15 is 0 Å². The highest BCUT2D eigenvalue weighted by atomic mass is 16.5. The lowest BCUT2D eigenvalue weighted by Crippen LogP contribution is -2.08. The van der Waals surface area contributed by atoms with Crippen molar-refractivity contribution >= 4 is 11.8 Å². The van der Waals surface area contributed by atoms with Crippen molar-refractivity contribution in [1.29, 1.82) is 0 Å². The molecule has 110 valence electrons. The maximum absolute atomic E-state index is 11.3. The van der Waals surface area contributed by atoms with Gasteiger partial charge in [0.25, 0.3) is 0 Å². The number of hydrogen-bond acceptors (Lipinski definition) is 3. The molecule has 0 atom stereocenters. The molecule has 0 aromatic heterocycles. The summed E-state index contributed by atoms with van der Waals surface area (Å²) < 4.78 is 4.46. The number of Topliss-reactive ketones (excluding diaryl/α,β-unsaturated/α-hetero) is 1. The van der Waals surface area contributed by atoms with Gasteiger partial charge in [0.15, 0.2) is 0 Å². The Bertz CT molecular complexity index is 288. The van der Waals surface area contributed by atoms with Crippen LogP contribution in [0.1, 0.15) is 71.6 Å². The number of unbranched alkanes of at least 4 members (excludes halogenated alkanes) is 6. The van der Waals surface area contributed by atoms with Gasteiger partial charge in [0.05, 0.1) is 7.11 Å². The van der Waals surface area contributed by atoms with Gasteiger partial charge in [-0.2, -0.15) is 0 Å². The maximum atomic E-state index is 11.3. The van der Waals surface area contributed by atoms with Gasteiger partial charge >= 0.3 is 5.97 Å². The highest BCUT2D eigenvalue weighted by Crippen LogP contribution is 2.10. The molecule has 0 saturated heterocycles. The van der Waals surface area contributed by atoms with Crippen LogP contribution < -0.4 is 0 Å².